The summed E-state index contributed by atoms with van der Waals surface area (Å²) in [6, 6.07) is 10.5. The predicted octanol–water partition coefficient (Wildman–Crippen LogP) is 4.07. The number of hydrogen-bond acceptors (Lipinski definition) is 4. The Morgan fingerprint density at radius 2 is 1.84 bits per heavy atom. The van der Waals surface area contributed by atoms with Gasteiger partial charge in [-0.15, -0.1) is 0 Å². The maximum absolute atomic E-state index is 4.53. The maximum Gasteiger partial charge on any atom is 0.223 e. The van der Waals surface area contributed by atoms with Gasteiger partial charge in [0.05, 0.1) is 0 Å². The average Bonchev–Trinajstić information content (AvgIpc) is 2.38. The normalized spacial score (nSPS) is 10.5. The van der Waals surface area contributed by atoms with Crippen molar-refractivity contribution in [2.45, 2.75) is 37.1 Å². The predicted molar refractivity (Wildman–Crippen MR) is 80.9 cm³/mol. The Labute approximate surface area is 118 Å². The van der Waals surface area contributed by atoms with Gasteiger partial charge in [-0.05, 0) is 38.5 Å². The van der Waals surface area contributed by atoms with E-state index >= 15 is 0 Å². The number of anilines is 1. The Morgan fingerprint density at radius 3 is 2.53 bits per heavy atom. The van der Waals surface area contributed by atoms with Crippen LogP contribution < -0.4 is 5.32 Å². The molecule has 0 bridgehead atoms. The molecular formula is C15H19N3S. The molecule has 0 amide bonds. The molecule has 0 unspecified atom stereocenters. The first-order valence-corrected chi connectivity index (χ1v) is 7.33. The molecule has 0 aliphatic heterocycles. The Kier molecular flexibility index (Phi) is 4.80. The lowest BCUT2D eigenvalue weighted by Crippen LogP contribution is -2.05. The van der Waals surface area contributed by atoms with E-state index in [4.69, 9.17) is 0 Å². The molecule has 1 heterocycles. The second kappa shape index (κ2) is 6.57. The lowest BCUT2D eigenvalue weighted by Gasteiger charge is -2.07. The Hall–Kier alpha value is -1.55. The van der Waals surface area contributed by atoms with Gasteiger partial charge >= 0.3 is 0 Å². The molecule has 0 saturated carbocycles. The van der Waals surface area contributed by atoms with Crippen molar-refractivity contribution in [3.8, 4) is 0 Å². The summed E-state index contributed by atoms with van der Waals surface area (Å²) < 4.78 is 0. The Bertz CT molecular complexity index is 538. The Balaban J connectivity index is 2.15. The van der Waals surface area contributed by atoms with E-state index in [9.17, 15) is 0 Å². The zero-order chi connectivity index (χ0) is 13.7. The third kappa shape index (κ3) is 4.24. The van der Waals surface area contributed by atoms with E-state index in [0.29, 0.717) is 0 Å². The second-order valence-corrected chi connectivity index (χ2v) is 5.61. The van der Waals surface area contributed by atoms with Gasteiger partial charge in [-0.3, -0.25) is 0 Å². The molecule has 1 aromatic heterocycles. The van der Waals surface area contributed by atoms with Crippen molar-refractivity contribution in [2.24, 2.45) is 0 Å². The maximum atomic E-state index is 4.53. The van der Waals surface area contributed by atoms with Crippen LogP contribution in [0, 0.1) is 13.8 Å². The van der Waals surface area contributed by atoms with Gasteiger partial charge in [0.25, 0.3) is 0 Å². The van der Waals surface area contributed by atoms with E-state index in [-0.39, 0.29) is 0 Å². The van der Waals surface area contributed by atoms with Crippen LogP contribution in [0.3, 0.4) is 0 Å². The van der Waals surface area contributed by atoms with Crippen LogP contribution in [-0.4, -0.2) is 16.5 Å². The van der Waals surface area contributed by atoms with Crippen molar-refractivity contribution >= 4 is 17.7 Å². The van der Waals surface area contributed by atoms with Crippen molar-refractivity contribution in [3.63, 3.8) is 0 Å². The largest absolute Gasteiger partial charge is 0.354 e. The van der Waals surface area contributed by atoms with Crippen molar-refractivity contribution in [3.05, 3.63) is 41.6 Å². The van der Waals surface area contributed by atoms with Gasteiger partial charge < -0.3 is 5.32 Å². The summed E-state index contributed by atoms with van der Waals surface area (Å²) in [7, 11) is 0. The summed E-state index contributed by atoms with van der Waals surface area (Å²) in [5, 5.41) is 4.22. The van der Waals surface area contributed by atoms with Crippen LogP contribution >= 0.6 is 11.8 Å². The minimum absolute atomic E-state index is 0.719. The molecule has 0 saturated heterocycles. The Morgan fingerprint density at radius 1 is 1.11 bits per heavy atom. The SMILES string of the molecule is CCCNc1nc(C)cc(Sc2ccc(C)cc2)n1. The van der Waals surface area contributed by atoms with Crippen molar-refractivity contribution in [1.82, 2.24) is 9.97 Å². The summed E-state index contributed by atoms with van der Waals surface area (Å²) in [6.07, 6.45) is 1.07. The van der Waals surface area contributed by atoms with Crippen LogP contribution in [0.25, 0.3) is 0 Å². The van der Waals surface area contributed by atoms with Crippen LogP contribution in [0.15, 0.2) is 40.3 Å². The summed E-state index contributed by atoms with van der Waals surface area (Å²) in [5.74, 6) is 0.719. The van der Waals surface area contributed by atoms with Crippen LogP contribution in [0.4, 0.5) is 5.95 Å². The molecule has 0 spiro atoms. The van der Waals surface area contributed by atoms with Crippen LogP contribution in [0.2, 0.25) is 0 Å². The zero-order valence-corrected chi connectivity index (χ0v) is 12.4. The number of nitrogens with zero attached hydrogens (tertiary/aromatic N) is 2. The zero-order valence-electron chi connectivity index (χ0n) is 11.6. The fourth-order valence-electron chi connectivity index (χ4n) is 1.63. The monoisotopic (exact) mass is 273 g/mol. The second-order valence-electron chi connectivity index (χ2n) is 4.51. The van der Waals surface area contributed by atoms with E-state index in [1.807, 2.05) is 13.0 Å². The quantitative estimate of drug-likeness (QED) is 0.833. The minimum atomic E-state index is 0.719. The molecule has 0 radical (unpaired) electrons. The molecule has 0 aliphatic rings. The fourth-order valence-corrected chi connectivity index (χ4v) is 2.51. The smallest absolute Gasteiger partial charge is 0.223 e. The number of rotatable bonds is 5. The van der Waals surface area contributed by atoms with Crippen molar-refractivity contribution in [1.29, 1.82) is 0 Å². The molecule has 0 fully saturated rings. The molecule has 4 heteroatoms. The first-order chi connectivity index (χ1) is 9.17. The first kappa shape index (κ1) is 13.9. The number of benzene rings is 1. The molecule has 2 rings (SSSR count). The fraction of sp³-hybridized carbons (Fsp3) is 0.333. The molecule has 100 valence electrons. The lowest BCUT2D eigenvalue weighted by atomic mass is 10.2. The number of aryl methyl sites for hydroxylation is 2. The van der Waals surface area contributed by atoms with Crippen LogP contribution in [0.1, 0.15) is 24.6 Å². The van der Waals surface area contributed by atoms with Gasteiger partial charge in [-0.1, -0.05) is 36.4 Å². The molecule has 0 atom stereocenters. The summed E-state index contributed by atoms with van der Waals surface area (Å²) in [6.45, 7) is 7.12. The molecule has 3 nitrogen and oxygen atoms in total. The van der Waals surface area contributed by atoms with Gasteiger partial charge in [0, 0.05) is 17.1 Å². The highest BCUT2D eigenvalue weighted by molar-refractivity contribution is 7.99. The molecule has 19 heavy (non-hydrogen) atoms. The molecule has 1 aromatic carbocycles. The molecule has 0 aliphatic carbocycles. The van der Waals surface area contributed by atoms with Gasteiger partial charge in [-0.25, -0.2) is 9.97 Å². The van der Waals surface area contributed by atoms with E-state index in [1.165, 1.54) is 10.5 Å². The highest BCUT2D eigenvalue weighted by Gasteiger charge is 2.03. The van der Waals surface area contributed by atoms with Gasteiger partial charge in [0.1, 0.15) is 5.03 Å². The van der Waals surface area contributed by atoms with E-state index in [1.54, 1.807) is 11.8 Å². The van der Waals surface area contributed by atoms with E-state index in [0.717, 1.165) is 29.6 Å². The van der Waals surface area contributed by atoms with Crippen LogP contribution in [-0.2, 0) is 0 Å². The van der Waals surface area contributed by atoms with Gasteiger partial charge in [0.15, 0.2) is 0 Å². The molecular weight excluding hydrogens is 254 g/mol. The van der Waals surface area contributed by atoms with Crippen molar-refractivity contribution < 1.29 is 0 Å². The van der Waals surface area contributed by atoms with Gasteiger partial charge in [0.2, 0.25) is 5.95 Å². The standard InChI is InChI=1S/C15H19N3S/c1-4-9-16-15-17-12(3)10-14(18-15)19-13-7-5-11(2)6-8-13/h5-8,10H,4,9H2,1-3H3,(H,16,17,18). The summed E-state index contributed by atoms with van der Waals surface area (Å²) in [4.78, 5) is 10.1. The van der Waals surface area contributed by atoms with Crippen LogP contribution in [0.5, 0.6) is 0 Å². The third-order valence-corrected chi connectivity index (χ3v) is 3.53. The average molecular weight is 273 g/mol. The molecule has 1 N–H and O–H groups in total. The van der Waals surface area contributed by atoms with E-state index in [2.05, 4.69) is 53.4 Å². The number of hydrogen-bond donors (Lipinski definition) is 1. The third-order valence-electron chi connectivity index (χ3n) is 2.61. The number of aromatic nitrogens is 2. The highest BCUT2D eigenvalue weighted by Crippen LogP contribution is 2.27. The van der Waals surface area contributed by atoms with Gasteiger partial charge in [-0.2, -0.15) is 0 Å². The van der Waals surface area contributed by atoms with Crippen molar-refractivity contribution in [2.75, 3.05) is 11.9 Å². The number of nitrogens with one attached hydrogen (secondary N) is 1. The minimum Gasteiger partial charge on any atom is -0.354 e. The molecule has 2 aromatic rings. The topological polar surface area (TPSA) is 37.8 Å². The lowest BCUT2D eigenvalue weighted by molar-refractivity contribution is 0.924. The van der Waals surface area contributed by atoms with E-state index < -0.39 is 0 Å². The first-order valence-electron chi connectivity index (χ1n) is 6.51. The highest BCUT2D eigenvalue weighted by atomic mass is 32.2. The summed E-state index contributed by atoms with van der Waals surface area (Å²) in [5.41, 5.74) is 2.26. The summed E-state index contributed by atoms with van der Waals surface area (Å²) >= 11 is 1.67.